The highest BCUT2D eigenvalue weighted by Crippen LogP contribution is 2.28. The quantitative estimate of drug-likeness (QED) is 0.662. The number of benzene rings is 1. The van der Waals surface area contributed by atoms with Crippen LogP contribution in [0.1, 0.15) is 27.2 Å². The minimum Gasteiger partial charge on any atom is -0.444 e. The Balaban J connectivity index is 1.74. The molecule has 1 aliphatic heterocycles. The molecule has 0 unspecified atom stereocenters. The number of rotatable bonds is 3. The van der Waals surface area contributed by atoms with E-state index >= 15 is 0 Å². The van der Waals surface area contributed by atoms with Gasteiger partial charge in [0.1, 0.15) is 17.7 Å². The molecule has 1 fully saturated rings. The predicted octanol–water partition coefficient (Wildman–Crippen LogP) is 2.64. The van der Waals surface area contributed by atoms with E-state index < -0.39 is 16.6 Å². The third kappa shape index (κ3) is 3.98. The lowest BCUT2D eigenvalue weighted by molar-refractivity contribution is -0.384. The Labute approximate surface area is 150 Å². The van der Waals surface area contributed by atoms with Crippen molar-refractivity contribution in [1.29, 1.82) is 0 Å². The molecular formula is C17H21N5O4. The third-order valence-electron chi connectivity index (χ3n) is 4.02. The summed E-state index contributed by atoms with van der Waals surface area (Å²) in [5, 5.41) is 14.5. The molecule has 1 amide bonds. The number of amides is 1. The topological polar surface area (TPSA) is 110 Å². The Morgan fingerprint density at radius 1 is 1.38 bits per heavy atom. The van der Waals surface area contributed by atoms with Crippen LogP contribution in [-0.4, -0.2) is 45.7 Å². The first-order chi connectivity index (χ1) is 12.2. The Kier molecular flexibility index (Phi) is 4.62. The first-order valence-electron chi connectivity index (χ1n) is 8.36. The fraction of sp³-hybridized carbons (Fsp3) is 0.471. The normalized spacial score (nSPS) is 17.3. The summed E-state index contributed by atoms with van der Waals surface area (Å²) >= 11 is 0. The van der Waals surface area contributed by atoms with Crippen molar-refractivity contribution in [1.82, 2.24) is 15.3 Å². The number of ether oxygens (including phenoxy) is 1. The van der Waals surface area contributed by atoms with Crippen LogP contribution in [0.5, 0.6) is 0 Å². The van der Waals surface area contributed by atoms with Crippen LogP contribution in [0.2, 0.25) is 0 Å². The molecular weight excluding hydrogens is 338 g/mol. The lowest BCUT2D eigenvalue weighted by atomic mass is 10.2. The third-order valence-corrected chi connectivity index (χ3v) is 4.02. The van der Waals surface area contributed by atoms with E-state index in [4.69, 9.17) is 4.74 Å². The highest BCUT2D eigenvalue weighted by molar-refractivity contribution is 5.90. The maximum absolute atomic E-state index is 11.9. The van der Waals surface area contributed by atoms with Gasteiger partial charge in [-0.25, -0.2) is 14.8 Å². The van der Waals surface area contributed by atoms with E-state index in [2.05, 4.69) is 15.3 Å². The molecule has 3 rings (SSSR count). The molecule has 2 aromatic rings. The minimum absolute atomic E-state index is 0.00644. The number of carbonyl (C=O) groups excluding carboxylic acids is 1. The minimum atomic E-state index is -0.542. The zero-order valence-corrected chi connectivity index (χ0v) is 14.9. The second-order valence-electron chi connectivity index (χ2n) is 7.23. The van der Waals surface area contributed by atoms with E-state index in [1.807, 2.05) is 25.7 Å². The fourth-order valence-corrected chi connectivity index (χ4v) is 2.94. The Morgan fingerprint density at radius 2 is 2.15 bits per heavy atom. The van der Waals surface area contributed by atoms with E-state index in [1.165, 1.54) is 18.5 Å². The van der Waals surface area contributed by atoms with Gasteiger partial charge in [0.25, 0.3) is 5.69 Å². The van der Waals surface area contributed by atoms with Crippen molar-refractivity contribution in [3.63, 3.8) is 0 Å². The molecule has 138 valence electrons. The van der Waals surface area contributed by atoms with Gasteiger partial charge in [-0.05, 0) is 33.3 Å². The standard InChI is InChI=1S/C17H21N5O4/c1-17(2,3)26-16(23)20-11-6-7-21(9-11)15-13-5-4-12(22(24)25)8-14(13)18-10-19-15/h4-5,8,10-11H,6-7,9H2,1-3H3,(H,20,23)/t11-/m1/s1. The molecule has 9 heteroatoms. The summed E-state index contributed by atoms with van der Waals surface area (Å²) in [5.41, 5.74) is -0.0271. The maximum Gasteiger partial charge on any atom is 0.407 e. The molecule has 0 aliphatic carbocycles. The van der Waals surface area contributed by atoms with Crippen molar-refractivity contribution in [3.8, 4) is 0 Å². The number of non-ortho nitro benzene ring substituents is 1. The average molecular weight is 359 g/mol. The highest BCUT2D eigenvalue weighted by Gasteiger charge is 2.28. The summed E-state index contributed by atoms with van der Waals surface area (Å²) in [6, 6.07) is 4.50. The molecule has 1 aromatic heterocycles. The summed E-state index contributed by atoms with van der Waals surface area (Å²) < 4.78 is 5.29. The number of nitrogens with one attached hydrogen (secondary N) is 1. The van der Waals surface area contributed by atoms with Crippen LogP contribution in [0.3, 0.4) is 0 Å². The van der Waals surface area contributed by atoms with Crippen molar-refractivity contribution in [3.05, 3.63) is 34.6 Å². The molecule has 1 atom stereocenters. The molecule has 0 spiro atoms. The zero-order valence-electron chi connectivity index (χ0n) is 14.9. The Hall–Kier alpha value is -2.97. The van der Waals surface area contributed by atoms with Crippen LogP contribution in [0.15, 0.2) is 24.5 Å². The SMILES string of the molecule is CC(C)(C)OC(=O)N[C@@H]1CCN(c2ncnc3cc([N+](=O)[O-])ccc23)C1. The first kappa shape index (κ1) is 17.8. The Morgan fingerprint density at radius 3 is 2.85 bits per heavy atom. The number of aromatic nitrogens is 2. The smallest absolute Gasteiger partial charge is 0.407 e. The molecule has 26 heavy (non-hydrogen) atoms. The highest BCUT2D eigenvalue weighted by atomic mass is 16.6. The second kappa shape index (κ2) is 6.74. The number of hydrogen-bond acceptors (Lipinski definition) is 7. The van der Waals surface area contributed by atoms with E-state index in [0.29, 0.717) is 24.4 Å². The molecule has 0 radical (unpaired) electrons. The molecule has 9 nitrogen and oxygen atoms in total. The van der Waals surface area contributed by atoms with Gasteiger partial charge >= 0.3 is 6.09 Å². The maximum atomic E-state index is 11.9. The van der Waals surface area contributed by atoms with Crippen LogP contribution in [0, 0.1) is 10.1 Å². The number of nitro benzene ring substituents is 1. The number of carbonyl (C=O) groups is 1. The molecule has 1 aliphatic rings. The Bertz CT molecular complexity index is 849. The van der Waals surface area contributed by atoms with Gasteiger partial charge in [0.05, 0.1) is 16.5 Å². The van der Waals surface area contributed by atoms with Gasteiger partial charge in [-0.2, -0.15) is 0 Å². The summed E-state index contributed by atoms with van der Waals surface area (Å²) in [4.78, 5) is 32.9. The van der Waals surface area contributed by atoms with Crippen LogP contribution in [-0.2, 0) is 4.74 Å². The van der Waals surface area contributed by atoms with Gasteiger partial charge in [-0.1, -0.05) is 0 Å². The predicted molar refractivity (Wildman–Crippen MR) is 96.2 cm³/mol. The zero-order chi connectivity index (χ0) is 18.9. The number of nitrogens with zero attached hydrogens (tertiary/aromatic N) is 4. The summed E-state index contributed by atoms with van der Waals surface area (Å²) in [6.07, 6.45) is 1.72. The first-order valence-corrected chi connectivity index (χ1v) is 8.36. The van der Waals surface area contributed by atoms with Gasteiger partial charge in [0.15, 0.2) is 0 Å². The van der Waals surface area contributed by atoms with E-state index in [-0.39, 0.29) is 11.7 Å². The number of hydrogen-bond donors (Lipinski definition) is 1. The van der Waals surface area contributed by atoms with Gasteiger partial charge in [-0.15, -0.1) is 0 Å². The van der Waals surface area contributed by atoms with Crippen molar-refractivity contribution in [2.75, 3.05) is 18.0 Å². The summed E-state index contributed by atoms with van der Waals surface area (Å²) in [5.74, 6) is 0.707. The van der Waals surface area contributed by atoms with E-state index in [1.54, 1.807) is 6.07 Å². The van der Waals surface area contributed by atoms with Gasteiger partial charge in [-0.3, -0.25) is 10.1 Å². The van der Waals surface area contributed by atoms with Crippen molar-refractivity contribution >= 4 is 28.5 Å². The molecule has 2 heterocycles. The van der Waals surface area contributed by atoms with Crippen molar-refractivity contribution in [2.24, 2.45) is 0 Å². The van der Waals surface area contributed by atoms with E-state index in [9.17, 15) is 14.9 Å². The molecule has 1 N–H and O–H groups in total. The van der Waals surface area contributed by atoms with Gasteiger partial charge in [0, 0.05) is 30.6 Å². The molecule has 1 aromatic carbocycles. The lowest BCUT2D eigenvalue weighted by Gasteiger charge is -2.22. The molecule has 0 bridgehead atoms. The van der Waals surface area contributed by atoms with Crippen LogP contribution in [0.25, 0.3) is 10.9 Å². The van der Waals surface area contributed by atoms with Crippen LogP contribution in [0.4, 0.5) is 16.3 Å². The number of alkyl carbamates (subject to hydrolysis) is 1. The number of nitro groups is 1. The lowest BCUT2D eigenvalue weighted by Crippen LogP contribution is -2.40. The van der Waals surface area contributed by atoms with Crippen molar-refractivity contribution < 1.29 is 14.5 Å². The van der Waals surface area contributed by atoms with Gasteiger partial charge in [0.2, 0.25) is 0 Å². The van der Waals surface area contributed by atoms with E-state index in [0.717, 1.165) is 11.8 Å². The second-order valence-corrected chi connectivity index (χ2v) is 7.23. The van der Waals surface area contributed by atoms with Gasteiger partial charge < -0.3 is 15.0 Å². The largest absolute Gasteiger partial charge is 0.444 e. The average Bonchev–Trinajstić information content (AvgIpc) is 2.99. The fourth-order valence-electron chi connectivity index (χ4n) is 2.94. The molecule has 1 saturated heterocycles. The summed E-state index contributed by atoms with van der Waals surface area (Å²) in [7, 11) is 0. The van der Waals surface area contributed by atoms with Crippen LogP contribution >= 0.6 is 0 Å². The van der Waals surface area contributed by atoms with Crippen molar-refractivity contribution in [2.45, 2.75) is 38.8 Å². The number of fused-ring (bicyclic) bond motifs is 1. The monoisotopic (exact) mass is 359 g/mol. The number of anilines is 1. The van der Waals surface area contributed by atoms with Crippen LogP contribution < -0.4 is 10.2 Å². The molecule has 0 saturated carbocycles. The summed E-state index contributed by atoms with van der Waals surface area (Å²) in [6.45, 7) is 6.76.